The van der Waals surface area contributed by atoms with Crippen molar-refractivity contribution in [1.29, 1.82) is 0 Å². The zero-order valence-electron chi connectivity index (χ0n) is 30.7. The third kappa shape index (κ3) is 16.4. The van der Waals surface area contributed by atoms with E-state index in [9.17, 15) is 24.0 Å². The van der Waals surface area contributed by atoms with Crippen LogP contribution in [0.5, 0.6) is 0 Å². The first-order valence-corrected chi connectivity index (χ1v) is 18.9. The molecule has 4 unspecified atom stereocenters. The van der Waals surface area contributed by atoms with E-state index in [1.54, 1.807) is 6.92 Å². The lowest BCUT2D eigenvalue weighted by molar-refractivity contribution is -0.161. The van der Waals surface area contributed by atoms with Gasteiger partial charge >= 0.3 is 11.9 Å². The number of rotatable bonds is 26. The lowest BCUT2D eigenvalue weighted by Crippen LogP contribution is -2.45. The predicted molar refractivity (Wildman–Crippen MR) is 184 cm³/mol. The number of amides is 1. The third-order valence-corrected chi connectivity index (χ3v) is 9.13. The van der Waals surface area contributed by atoms with Crippen LogP contribution < -0.4 is 5.32 Å². The van der Waals surface area contributed by atoms with Crippen molar-refractivity contribution < 1.29 is 42.9 Å². The molecule has 276 valence electrons. The molecule has 0 aromatic carbocycles. The summed E-state index contributed by atoms with van der Waals surface area (Å²) in [5, 5.41) is 2.88. The van der Waals surface area contributed by atoms with Gasteiger partial charge < -0.3 is 29.1 Å². The molecule has 48 heavy (non-hydrogen) atoms. The van der Waals surface area contributed by atoms with Crippen LogP contribution >= 0.6 is 0 Å². The monoisotopic (exact) mass is 679 g/mol. The van der Waals surface area contributed by atoms with Crippen LogP contribution in [0.3, 0.4) is 0 Å². The van der Waals surface area contributed by atoms with Crippen LogP contribution in [0.4, 0.5) is 0 Å². The van der Waals surface area contributed by atoms with Gasteiger partial charge in [0.1, 0.15) is 29.8 Å². The van der Waals surface area contributed by atoms with E-state index in [2.05, 4.69) is 12.2 Å². The summed E-state index contributed by atoms with van der Waals surface area (Å²) in [5.41, 5.74) is 0. The van der Waals surface area contributed by atoms with Crippen LogP contribution in [0, 0.1) is 17.8 Å². The first kappa shape index (κ1) is 41.8. The van der Waals surface area contributed by atoms with Crippen molar-refractivity contribution in [2.45, 2.75) is 181 Å². The molecule has 10 nitrogen and oxygen atoms in total. The van der Waals surface area contributed by atoms with E-state index >= 15 is 0 Å². The van der Waals surface area contributed by atoms with Gasteiger partial charge in [-0.25, -0.2) is 4.79 Å². The van der Waals surface area contributed by atoms with Gasteiger partial charge in [0, 0.05) is 25.7 Å². The van der Waals surface area contributed by atoms with Crippen LogP contribution in [-0.2, 0) is 42.9 Å². The molecule has 0 spiro atoms. The molecule has 0 bridgehead atoms. The molecule has 6 atom stereocenters. The number of carbonyl (C=O) groups excluding carboxylic acids is 5. The second-order valence-electron chi connectivity index (χ2n) is 14.9. The molecule has 10 heteroatoms. The molecule has 2 aliphatic heterocycles. The van der Waals surface area contributed by atoms with E-state index in [0.29, 0.717) is 32.1 Å². The molecule has 0 aromatic rings. The standard InChI is InChI=1S/C38H65NO9/c1-7-8-9-12-17-20-34(42)39-31(22-27(4)5)38(44)48-33-25-46-35-32(24-45-36(33)35)47-37(43)29(21-26(2)3)23-30(41)19-16-14-11-10-13-15-18-28(6)40/h26-27,29,31-33,35-36H,7-25H2,1-6H3,(H,39,42)/t29?,31?,32-,33+,35?,36?/m1/s1. The molecule has 0 aromatic heterocycles. The Bertz CT molecular complexity index is 997. The Labute approximate surface area is 289 Å². The maximum Gasteiger partial charge on any atom is 0.329 e. The Kier molecular flexibility index (Phi) is 20.2. The number of hydrogen-bond acceptors (Lipinski definition) is 9. The van der Waals surface area contributed by atoms with Gasteiger partial charge in [0.05, 0.1) is 19.1 Å². The maximum atomic E-state index is 13.3. The average Bonchev–Trinajstić information content (AvgIpc) is 3.60. The van der Waals surface area contributed by atoms with Gasteiger partial charge in [-0.3, -0.25) is 14.4 Å². The van der Waals surface area contributed by atoms with Gasteiger partial charge in [-0.1, -0.05) is 86.0 Å². The Morgan fingerprint density at radius 3 is 1.71 bits per heavy atom. The molecule has 1 N–H and O–H groups in total. The molecule has 2 fully saturated rings. The number of unbranched alkanes of at least 4 members (excludes halogenated alkanes) is 9. The molecule has 0 saturated carbocycles. The van der Waals surface area contributed by atoms with Crippen molar-refractivity contribution in [2.75, 3.05) is 13.2 Å². The average molecular weight is 680 g/mol. The van der Waals surface area contributed by atoms with Crippen molar-refractivity contribution in [3.8, 4) is 0 Å². The largest absolute Gasteiger partial charge is 0.457 e. The summed E-state index contributed by atoms with van der Waals surface area (Å²) in [4.78, 5) is 63.0. The van der Waals surface area contributed by atoms with E-state index in [1.807, 2.05) is 27.7 Å². The quantitative estimate of drug-likeness (QED) is 0.0771. The Balaban J connectivity index is 1.83. The van der Waals surface area contributed by atoms with Crippen LogP contribution in [-0.4, -0.2) is 73.1 Å². The summed E-state index contributed by atoms with van der Waals surface area (Å²) in [5.74, 6) is -0.932. The van der Waals surface area contributed by atoms with Crippen LogP contribution in [0.25, 0.3) is 0 Å². The lowest BCUT2D eigenvalue weighted by atomic mass is 9.91. The van der Waals surface area contributed by atoms with Crippen LogP contribution in [0.2, 0.25) is 0 Å². The molecule has 2 rings (SSSR count). The highest BCUT2D eigenvalue weighted by atomic mass is 16.7. The highest BCUT2D eigenvalue weighted by molar-refractivity contribution is 5.85. The van der Waals surface area contributed by atoms with Crippen molar-refractivity contribution in [1.82, 2.24) is 5.32 Å². The van der Waals surface area contributed by atoms with Crippen molar-refractivity contribution in [2.24, 2.45) is 17.8 Å². The van der Waals surface area contributed by atoms with Gasteiger partial charge in [0.2, 0.25) is 5.91 Å². The SMILES string of the molecule is CCCCCCCC(=O)NC(CC(C)C)C(=O)O[C@H]1COC2C1OC[C@H]2OC(=O)C(CC(=O)CCCCCCCCC(C)=O)CC(C)C. The van der Waals surface area contributed by atoms with E-state index in [0.717, 1.165) is 70.6 Å². The van der Waals surface area contributed by atoms with E-state index in [1.165, 1.54) is 0 Å². The zero-order chi connectivity index (χ0) is 35.5. The topological polar surface area (TPSA) is 134 Å². The van der Waals surface area contributed by atoms with Crippen molar-refractivity contribution in [3.63, 3.8) is 0 Å². The summed E-state index contributed by atoms with van der Waals surface area (Å²) in [7, 11) is 0. The number of ketones is 2. The number of esters is 2. The molecule has 0 radical (unpaired) electrons. The zero-order valence-corrected chi connectivity index (χ0v) is 30.7. The van der Waals surface area contributed by atoms with Crippen molar-refractivity contribution >= 4 is 29.4 Å². The summed E-state index contributed by atoms with van der Waals surface area (Å²) in [6, 6.07) is -0.755. The minimum absolute atomic E-state index is 0.0679. The normalized spacial score (nSPS) is 21.6. The van der Waals surface area contributed by atoms with Crippen LogP contribution in [0.1, 0.15) is 151 Å². The van der Waals surface area contributed by atoms with Gasteiger partial charge in [0.15, 0.2) is 12.2 Å². The molecule has 1 amide bonds. The Hall–Kier alpha value is -2.33. The van der Waals surface area contributed by atoms with Gasteiger partial charge in [-0.2, -0.15) is 0 Å². The smallest absolute Gasteiger partial charge is 0.329 e. The van der Waals surface area contributed by atoms with E-state index in [4.69, 9.17) is 18.9 Å². The minimum Gasteiger partial charge on any atom is -0.457 e. The number of hydrogen-bond donors (Lipinski definition) is 1. The number of fused-ring (bicyclic) bond motifs is 1. The lowest BCUT2D eigenvalue weighted by Gasteiger charge is -2.23. The van der Waals surface area contributed by atoms with Gasteiger partial charge in [-0.05, 0) is 50.9 Å². The first-order chi connectivity index (χ1) is 22.9. The highest BCUT2D eigenvalue weighted by Crippen LogP contribution is 2.32. The third-order valence-electron chi connectivity index (χ3n) is 9.13. The second kappa shape index (κ2) is 23.1. The summed E-state index contributed by atoms with van der Waals surface area (Å²) >= 11 is 0. The van der Waals surface area contributed by atoms with Gasteiger partial charge in [0.25, 0.3) is 0 Å². The molecular weight excluding hydrogens is 614 g/mol. The van der Waals surface area contributed by atoms with Gasteiger partial charge in [-0.15, -0.1) is 0 Å². The fraction of sp³-hybridized carbons (Fsp3) is 0.868. The number of nitrogens with one attached hydrogen (secondary N) is 1. The molecule has 0 aliphatic carbocycles. The molecule has 2 aliphatic rings. The van der Waals surface area contributed by atoms with Crippen LogP contribution in [0.15, 0.2) is 0 Å². The molecule has 2 saturated heterocycles. The van der Waals surface area contributed by atoms with E-state index < -0.39 is 48.3 Å². The van der Waals surface area contributed by atoms with E-state index in [-0.39, 0.29) is 48.9 Å². The summed E-state index contributed by atoms with van der Waals surface area (Å²) in [6.07, 6.45) is 11.1. The van der Waals surface area contributed by atoms with Crippen molar-refractivity contribution in [3.05, 3.63) is 0 Å². The fourth-order valence-corrected chi connectivity index (χ4v) is 6.56. The summed E-state index contributed by atoms with van der Waals surface area (Å²) in [6.45, 7) is 12.0. The predicted octanol–water partition coefficient (Wildman–Crippen LogP) is 6.83. The number of carbonyl (C=O) groups is 5. The molecular formula is C38H65NO9. The highest BCUT2D eigenvalue weighted by Gasteiger charge is 2.52. The second-order valence-corrected chi connectivity index (χ2v) is 14.9. The Morgan fingerprint density at radius 1 is 0.667 bits per heavy atom. The first-order valence-electron chi connectivity index (χ1n) is 18.9. The number of Topliss-reactive ketones (excluding diaryl/α,β-unsaturated/α-hetero) is 2. The molecule has 2 heterocycles. The number of ether oxygens (including phenoxy) is 4. The Morgan fingerprint density at radius 2 is 1.17 bits per heavy atom. The maximum absolute atomic E-state index is 13.3. The fourth-order valence-electron chi connectivity index (χ4n) is 6.56. The summed E-state index contributed by atoms with van der Waals surface area (Å²) < 4.78 is 23.6. The minimum atomic E-state index is -0.755.